The van der Waals surface area contributed by atoms with Gasteiger partial charge in [0.25, 0.3) is 10.0 Å². The van der Waals surface area contributed by atoms with Crippen molar-refractivity contribution in [3.63, 3.8) is 0 Å². The van der Waals surface area contributed by atoms with E-state index in [0.29, 0.717) is 17.1 Å². The van der Waals surface area contributed by atoms with Crippen molar-refractivity contribution in [1.29, 1.82) is 5.26 Å². The van der Waals surface area contributed by atoms with Crippen LogP contribution in [0.4, 0.5) is 11.4 Å². The summed E-state index contributed by atoms with van der Waals surface area (Å²) in [5.74, 6) is 0.202. The van der Waals surface area contributed by atoms with E-state index < -0.39 is 22.5 Å². The number of carbonyl (C=O) groups is 1. The lowest BCUT2D eigenvalue weighted by Crippen LogP contribution is -2.38. The molecule has 34 heavy (non-hydrogen) atoms. The SMILES string of the molecule is COc1ccc(N(CC(=O)Nc2ccc(CC#N)cc2)S(=O)(=O)c2cc(C)ccc2OC)cc1. The molecule has 3 aromatic carbocycles. The molecule has 9 heteroatoms. The monoisotopic (exact) mass is 479 g/mol. The number of benzene rings is 3. The second-order valence-electron chi connectivity index (χ2n) is 7.44. The second-order valence-corrected chi connectivity index (χ2v) is 9.27. The van der Waals surface area contributed by atoms with Crippen molar-refractivity contribution in [3.05, 3.63) is 77.9 Å². The van der Waals surface area contributed by atoms with Gasteiger partial charge >= 0.3 is 0 Å². The van der Waals surface area contributed by atoms with Crippen LogP contribution in [-0.4, -0.2) is 35.1 Å². The molecule has 0 atom stereocenters. The minimum absolute atomic E-state index is 0.0422. The third kappa shape index (κ3) is 5.66. The van der Waals surface area contributed by atoms with E-state index in [0.717, 1.165) is 15.4 Å². The first kappa shape index (κ1) is 24.6. The molecule has 0 aliphatic heterocycles. The van der Waals surface area contributed by atoms with Gasteiger partial charge in [-0.05, 0) is 66.6 Å². The van der Waals surface area contributed by atoms with Gasteiger partial charge in [0, 0.05) is 5.69 Å². The number of amides is 1. The Balaban J connectivity index is 1.96. The number of rotatable bonds is 9. The van der Waals surface area contributed by atoms with Crippen molar-refractivity contribution in [2.75, 3.05) is 30.4 Å². The van der Waals surface area contributed by atoms with Crippen LogP contribution in [0.15, 0.2) is 71.6 Å². The maximum Gasteiger partial charge on any atom is 0.268 e. The fourth-order valence-corrected chi connectivity index (χ4v) is 4.96. The van der Waals surface area contributed by atoms with Gasteiger partial charge < -0.3 is 14.8 Å². The highest BCUT2D eigenvalue weighted by atomic mass is 32.2. The van der Waals surface area contributed by atoms with E-state index in [2.05, 4.69) is 11.4 Å². The van der Waals surface area contributed by atoms with E-state index in [-0.39, 0.29) is 17.1 Å². The summed E-state index contributed by atoms with van der Waals surface area (Å²) >= 11 is 0. The summed E-state index contributed by atoms with van der Waals surface area (Å²) in [7, 11) is -1.27. The van der Waals surface area contributed by atoms with Gasteiger partial charge in [0.15, 0.2) is 0 Å². The second kappa shape index (κ2) is 10.7. The Bertz CT molecular complexity index is 1300. The molecule has 0 unspecified atom stereocenters. The fraction of sp³-hybridized carbons (Fsp3) is 0.200. The average molecular weight is 480 g/mol. The van der Waals surface area contributed by atoms with E-state index in [1.807, 2.05) is 0 Å². The molecule has 0 aliphatic carbocycles. The first-order chi connectivity index (χ1) is 16.3. The van der Waals surface area contributed by atoms with E-state index in [4.69, 9.17) is 14.7 Å². The lowest BCUT2D eigenvalue weighted by atomic mass is 10.1. The highest BCUT2D eigenvalue weighted by Gasteiger charge is 2.30. The molecule has 0 heterocycles. The van der Waals surface area contributed by atoms with Crippen LogP contribution in [0.3, 0.4) is 0 Å². The zero-order valence-electron chi connectivity index (χ0n) is 19.1. The molecule has 1 N–H and O–H groups in total. The molecule has 3 rings (SSSR count). The quantitative estimate of drug-likeness (QED) is 0.498. The number of aryl methyl sites for hydroxylation is 1. The Hall–Kier alpha value is -4.03. The molecule has 176 valence electrons. The number of nitriles is 1. The standard InChI is InChI=1S/C25H25N3O5S/c1-18-4-13-23(33-3)24(16-18)34(30,31)28(21-9-11-22(32-2)12-10-21)17-25(29)27-20-7-5-19(6-8-20)14-15-26/h4-13,16H,14,17H2,1-3H3,(H,27,29). The van der Waals surface area contributed by atoms with Crippen LogP contribution in [0.1, 0.15) is 11.1 Å². The van der Waals surface area contributed by atoms with Gasteiger partial charge in [0.2, 0.25) is 5.91 Å². The van der Waals surface area contributed by atoms with Crippen molar-refractivity contribution >= 4 is 27.3 Å². The molecular weight excluding hydrogens is 454 g/mol. The van der Waals surface area contributed by atoms with Crippen LogP contribution in [-0.2, 0) is 21.2 Å². The van der Waals surface area contributed by atoms with Crippen molar-refractivity contribution in [1.82, 2.24) is 0 Å². The van der Waals surface area contributed by atoms with Crippen LogP contribution in [0.25, 0.3) is 0 Å². The minimum atomic E-state index is -4.17. The van der Waals surface area contributed by atoms with Crippen LogP contribution in [0.2, 0.25) is 0 Å². The van der Waals surface area contributed by atoms with Crippen LogP contribution >= 0.6 is 0 Å². The number of hydrogen-bond donors (Lipinski definition) is 1. The highest BCUT2D eigenvalue weighted by Crippen LogP contribution is 2.31. The Kier molecular flexibility index (Phi) is 7.76. The summed E-state index contributed by atoms with van der Waals surface area (Å²) in [4.78, 5) is 12.9. The lowest BCUT2D eigenvalue weighted by molar-refractivity contribution is -0.114. The van der Waals surface area contributed by atoms with Crippen molar-refractivity contribution < 1.29 is 22.7 Å². The van der Waals surface area contributed by atoms with Gasteiger partial charge in [-0.1, -0.05) is 18.2 Å². The number of methoxy groups -OCH3 is 2. The zero-order chi connectivity index (χ0) is 24.7. The predicted octanol–water partition coefficient (Wildman–Crippen LogP) is 3.91. The number of anilines is 2. The molecule has 0 radical (unpaired) electrons. The summed E-state index contributed by atoms with van der Waals surface area (Å²) < 4.78 is 38.9. The number of sulfonamides is 1. The first-order valence-electron chi connectivity index (χ1n) is 10.4. The number of ether oxygens (including phenoxy) is 2. The van der Waals surface area contributed by atoms with Crippen LogP contribution in [0.5, 0.6) is 11.5 Å². The minimum Gasteiger partial charge on any atom is -0.497 e. The molecule has 0 fully saturated rings. The molecule has 0 saturated carbocycles. The predicted molar refractivity (Wildman–Crippen MR) is 130 cm³/mol. The molecule has 0 bridgehead atoms. The summed E-state index contributed by atoms with van der Waals surface area (Å²) in [6.07, 6.45) is 0.260. The maximum atomic E-state index is 13.7. The van der Waals surface area contributed by atoms with E-state index >= 15 is 0 Å². The molecule has 0 saturated heterocycles. The molecule has 0 aliphatic rings. The summed E-state index contributed by atoms with van der Waals surface area (Å²) in [5.41, 5.74) is 2.33. The molecule has 3 aromatic rings. The van der Waals surface area contributed by atoms with E-state index in [1.54, 1.807) is 67.6 Å². The number of nitrogens with zero attached hydrogens (tertiary/aromatic N) is 2. The third-order valence-corrected chi connectivity index (χ3v) is 6.85. The first-order valence-corrected chi connectivity index (χ1v) is 11.8. The summed E-state index contributed by atoms with van der Waals surface area (Å²) in [5, 5.41) is 11.5. The topological polar surface area (TPSA) is 109 Å². The molecule has 8 nitrogen and oxygen atoms in total. The van der Waals surface area contributed by atoms with Crippen molar-refractivity contribution in [2.24, 2.45) is 0 Å². The number of nitrogens with one attached hydrogen (secondary N) is 1. The normalized spacial score (nSPS) is 10.8. The zero-order valence-corrected chi connectivity index (χ0v) is 19.9. The van der Waals surface area contributed by atoms with Crippen molar-refractivity contribution in [3.8, 4) is 17.6 Å². The third-order valence-electron chi connectivity index (χ3n) is 5.06. The molecule has 0 spiro atoms. The molecule has 0 aromatic heterocycles. The van der Waals surface area contributed by atoms with Crippen LogP contribution < -0.4 is 19.1 Å². The molecular formula is C25H25N3O5S. The maximum absolute atomic E-state index is 13.7. The fourth-order valence-electron chi connectivity index (χ4n) is 3.30. The Labute approximate surface area is 199 Å². The van der Waals surface area contributed by atoms with Gasteiger partial charge in [-0.15, -0.1) is 0 Å². The van der Waals surface area contributed by atoms with Gasteiger partial charge in [-0.2, -0.15) is 5.26 Å². The smallest absolute Gasteiger partial charge is 0.268 e. The summed E-state index contributed by atoms with van der Waals surface area (Å²) in [6, 6.07) is 20.1. The summed E-state index contributed by atoms with van der Waals surface area (Å²) in [6.45, 7) is 1.31. The van der Waals surface area contributed by atoms with E-state index in [9.17, 15) is 13.2 Å². The highest BCUT2D eigenvalue weighted by molar-refractivity contribution is 7.93. The lowest BCUT2D eigenvalue weighted by Gasteiger charge is -2.25. The Morgan fingerprint density at radius 2 is 1.68 bits per heavy atom. The average Bonchev–Trinajstić information content (AvgIpc) is 2.84. The van der Waals surface area contributed by atoms with E-state index in [1.165, 1.54) is 20.3 Å². The van der Waals surface area contributed by atoms with Crippen molar-refractivity contribution in [2.45, 2.75) is 18.2 Å². The van der Waals surface area contributed by atoms with Crippen LogP contribution in [0, 0.1) is 18.3 Å². The number of hydrogen-bond acceptors (Lipinski definition) is 6. The van der Waals surface area contributed by atoms with Gasteiger partial charge in [0.05, 0.1) is 32.4 Å². The van der Waals surface area contributed by atoms with Gasteiger partial charge in [0.1, 0.15) is 22.9 Å². The Morgan fingerprint density at radius 1 is 1.00 bits per heavy atom. The largest absolute Gasteiger partial charge is 0.497 e. The Morgan fingerprint density at radius 3 is 2.26 bits per heavy atom. The van der Waals surface area contributed by atoms with Gasteiger partial charge in [-0.3, -0.25) is 9.10 Å². The van der Waals surface area contributed by atoms with Gasteiger partial charge in [-0.25, -0.2) is 8.42 Å². The number of carbonyl (C=O) groups excluding carboxylic acids is 1. The molecule has 1 amide bonds.